The highest BCUT2D eigenvalue weighted by atomic mass is 16.5. The molecule has 3 fully saturated rings. The van der Waals surface area contributed by atoms with Crippen LogP contribution in [0.4, 0.5) is 5.82 Å². The summed E-state index contributed by atoms with van der Waals surface area (Å²) in [5, 5.41) is 7.31. The van der Waals surface area contributed by atoms with Crippen LogP contribution >= 0.6 is 0 Å². The Labute approximate surface area is 145 Å². The highest BCUT2D eigenvalue weighted by molar-refractivity contribution is 6.09. The number of aryl methyl sites for hydroxylation is 1. The summed E-state index contributed by atoms with van der Waals surface area (Å²) in [6, 6.07) is 0. The second kappa shape index (κ2) is 4.94. The molecule has 2 aromatic heterocycles. The van der Waals surface area contributed by atoms with Crippen LogP contribution in [0.15, 0.2) is 10.7 Å². The zero-order valence-corrected chi connectivity index (χ0v) is 14.5. The van der Waals surface area contributed by atoms with Crippen LogP contribution in [0.25, 0.3) is 11.1 Å². The molecule has 1 unspecified atom stereocenters. The molecule has 0 aromatic carbocycles. The van der Waals surface area contributed by atoms with Crippen molar-refractivity contribution >= 4 is 22.8 Å². The van der Waals surface area contributed by atoms with Crippen LogP contribution in [0.3, 0.4) is 0 Å². The zero-order chi connectivity index (χ0) is 17.2. The molecule has 1 atom stereocenters. The van der Waals surface area contributed by atoms with Gasteiger partial charge in [0.1, 0.15) is 17.9 Å². The van der Waals surface area contributed by atoms with Gasteiger partial charge in [0.2, 0.25) is 5.71 Å². The Morgan fingerprint density at radius 3 is 2.64 bits per heavy atom. The average molecular weight is 342 g/mol. The largest absolute Gasteiger partial charge is 0.445 e. The maximum Gasteiger partial charge on any atom is 0.255 e. The molecule has 132 valence electrons. The quantitative estimate of drug-likeness (QED) is 0.868. The van der Waals surface area contributed by atoms with Crippen LogP contribution in [-0.2, 0) is 4.74 Å². The number of fused-ring (bicyclic) bond motifs is 1. The highest BCUT2D eigenvalue weighted by Gasteiger charge is 2.54. The number of amides is 1. The van der Waals surface area contributed by atoms with E-state index in [9.17, 15) is 4.79 Å². The maximum absolute atomic E-state index is 12.9. The monoisotopic (exact) mass is 342 g/mol. The van der Waals surface area contributed by atoms with E-state index in [2.05, 4.69) is 27.5 Å². The molecule has 3 heterocycles. The lowest BCUT2D eigenvalue weighted by molar-refractivity contribution is -0.0766. The van der Waals surface area contributed by atoms with Gasteiger partial charge in [-0.15, -0.1) is 0 Å². The highest BCUT2D eigenvalue weighted by Crippen LogP contribution is 2.45. The second-order valence-corrected chi connectivity index (χ2v) is 7.89. The number of ether oxygens (including phenoxy) is 1. The fourth-order valence-electron chi connectivity index (χ4n) is 3.53. The van der Waals surface area contributed by atoms with Crippen molar-refractivity contribution in [3.05, 3.63) is 17.7 Å². The maximum atomic E-state index is 12.9. The molecular weight excluding hydrogens is 320 g/mol. The Morgan fingerprint density at radius 2 is 2.04 bits per heavy atom. The average Bonchev–Trinajstić information content (AvgIpc) is 3.37. The Bertz CT molecular complexity index is 863. The van der Waals surface area contributed by atoms with Gasteiger partial charge in [-0.25, -0.2) is 4.98 Å². The number of hydrogen-bond acceptors (Lipinski definition) is 6. The third kappa shape index (κ3) is 2.49. The molecule has 25 heavy (non-hydrogen) atoms. The molecule has 0 spiro atoms. The van der Waals surface area contributed by atoms with Gasteiger partial charge in [-0.2, -0.15) is 4.98 Å². The fourth-order valence-corrected chi connectivity index (χ4v) is 3.53. The van der Waals surface area contributed by atoms with Crippen LogP contribution in [0.2, 0.25) is 0 Å². The van der Waals surface area contributed by atoms with Crippen molar-refractivity contribution in [2.24, 2.45) is 0 Å². The van der Waals surface area contributed by atoms with Crippen LogP contribution < -0.4 is 10.6 Å². The number of anilines is 1. The molecule has 3 aliphatic rings. The first-order chi connectivity index (χ1) is 12.0. The van der Waals surface area contributed by atoms with Crippen LogP contribution in [0, 0.1) is 6.92 Å². The molecule has 0 radical (unpaired) electrons. The summed E-state index contributed by atoms with van der Waals surface area (Å²) in [7, 11) is 0. The van der Waals surface area contributed by atoms with Gasteiger partial charge in [0.15, 0.2) is 0 Å². The normalized spacial score (nSPS) is 25.3. The number of furan rings is 1. The number of carbonyl (C=O) groups excluding carboxylic acids is 1. The van der Waals surface area contributed by atoms with Gasteiger partial charge in [-0.05, 0) is 46.0 Å². The Hall–Kier alpha value is -2.15. The molecule has 2 aromatic rings. The Kier molecular flexibility index (Phi) is 2.99. The summed E-state index contributed by atoms with van der Waals surface area (Å²) < 4.78 is 11.2. The zero-order valence-electron chi connectivity index (χ0n) is 14.5. The molecule has 7 heteroatoms. The summed E-state index contributed by atoms with van der Waals surface area (Å²) in [6.45, 7) is 4.77. The molecule has 2 N–H and O–H groups in total. The van der Waals surface area contributed by atoms with E-state index in [0.29, 0.717) is 28.3 Å². The summed E-state index contributed by atoms with van der Waals surface area (Å²) >= 11 is 0. The number of hydrogen-bond donors (Lipinski definition) is 2. The molecule has 1 saturated heterocycles. The van der Waals surface area contributed by atoms with Crippen molar-refractivity contribution in [1.29, 1.82) is 0 Å². The van der Waals surface area contributed by atoms with E-state index in [1.165, 1.54) is 6.26 Å². The van der Waals surface area contributed by atoms with Crippen LogP contribution in [0.5, 0.6) is 0 Å². The van der Waals surface area contributed by atoms with Crippen LogP contribution in [-0.4, -0.2) is 39.7 Å². The van der Waals surface area contributed by atoms with Gasteiger partial charge < -0.3 is 19.8 Å². The molecule has 2 aliphatic carbocycles. The van der Waals surface area contributed by atoms with Crippen molar-refractivity contribution in [3.63, 3.8) is 0 Å². The molecule has 7 nitrogen and oxygen atoms in total. The second-order valence-electron chi connectivity index (χ2n) is 7.89. The van der Waals surface area contributed by atoms with Crippen molar-refractivity contribution in [3.8, 4) is 0 Å². The van der Waals surface area contributed by atoms with Crippen molar-refractivity contribution < 1.29 is 13.9 Å². The van der Waals surface area contributed by atoms with E-state index in [1.54, 1.807) is 0 Å². The van der Waals surface area contributed by atoms with E-state index in [1.807, 2.05) is 6.92 Å². The lowest BCUT2D eigenvalue weighted by Crippen LogP contribution is -2.51. The van der Waals surface area contributed by atoms with Crippen molar-refractivity contribution in [1.82, 2.24) is 15.3 Å². The smallest absolute Gasteiger partial charge is 0.255 e. The van der Waals surface area contributed by atoms with Gasteiger partial charge in [-0.3, -0.25) is 4.79 Å². The van der Waals surface area contributed by atoms with Crippen molar-refractivity contribution in [2.75, 3.05) is 11.9 Å². The minimum absolute atomic E-state index is 0.0518. The number of nitrogens with one attached hydrogen (secondary N) is 2. The molecule has 1 amide bonds. The predicted octanol–water partition coefficient (Wildman–Crippen LogP) is 2.55. The standard InChI is InChI=1S/C18H22N4O3/c1-10-19-14(21-17(2)4-5-17)13-11(9-25-16(13)20-10)15(23)22-18(6-7-18)12-3-8-24-12/h9,12H,3-8H2,1-2H3,(H,22,23)(H,19,20,21). The van der Waals surface area contributed by atoms with E-state index in [-0.39, 0.29) is 23.1 Å². The lowest BCUT2D eigenvalue weighted by Gasteiger charge is -2.34. The fraction of sp³-hybridized carbons (Fsp3) is 0.611. The summed E-state index contributed by atoms with van der Waals surface area (Å²) in [6.07, 6.45) is 6.79. The van der Waals surface area contributed by atoms with E-state index in [0.717, 1.165) is 38.7 Å². The van der Waals surface area contributed by atoms with Gasteiger partial charge in [0.05, 0.1) is 22.6 Å². The number of nitrogens with zero attached hydrogens (tertiary/aromatic N) is 2. The first kappa shape index (κ1) is 15.1. The number of aromatic nitrogens is 2. The lowest BCUT2D eigenvalue weighted by atomic mass is 10.0. The molecule has 1 aliphatic heterocycles. The SMILES string of the molecule is Cc1nc(NC2(C)CC2)c2c(C(=O)NC3(C4CCO4)CC3)coc2n1. The molecule has 5 rings (SSSR count). The van der Waals surface area contributed by atoms with E-state index in [4.69, 9.17) is 9.15 Å². The Morgan fingerprint density at radius 1 is 1.28 bits per heavy atom. The van der Waals surface area contributed by atoms with Crippen LogP contribution in [0.1, 0.15) is 55.2 Å². The first-order valence-corrected chi connectivity index (χ1v) is 8.96. The molecular formula is C18H22N4O3. The van der Waals surface area contributed by atoms with E-state index < -0.39 is 0 Å². The van der Waals surface area contributed by atoms with E-state index >= 15 is 0 Å². The molecule has 2 saturated carbocycles. The third-order valence-corrected chi connectivity index (χ3v) is 5.68. The minimum Gasteiger partial charge on any atom is -0.445 e. The summed E-state index contributed by atoms with van der Waals surface area (Å²) in [5.41, 5.74) is 0.804. The third-order valence-electron chi connectivity index (χ3n) is 5.68. The number of rotatable bonds is 5. The summed E-state index contributed by atoms with van der Waals surface area (Å²) in [5.74, 6) is 1.18. The van der Waals surface area contributed by atoms with Gasteiger partial charge in [0.25, 0.3) is 5.91 Å². The first-order valence-electron chi connectivity index (χ1n) is 8.96. The number of carbonyl (C=O) groups is 1. The summed E-state index contributed by atoms with van der Waals surface area (Å²) in [4.78, 5) is 21.8. The minimum atomic E-state index is -0.194. The topological polar surface area (TPSA) is 89.3 Å². The predicted molar refractivity (Wildman–Crippen MR) is 91.6 cm³/mol. The van der Waals surface area contributed by atoms with Crippen molar-refractivity contribution in [2.45, 2.75) is 63.1 Å². The van der Waals surface area contributed by atoms with Gasteiger partial charge in [0, 0.05) is 12.1 Å². The Balaban J connectivity index is 1.49. The molecule has 0 bridgehead atoms. The van der Waals surface area contributed by atoms with Gasteiger partial charge in [-0.1, -0.05) is 0 Å². The van der Waals surface area contributed by atoms with Gasteiger partial charge >= 0.3 is 0 Å².